The summed E-state index contributed by atoms with van der Waals surface area (Å²) in [5, 5.41) is 26.7. The van der Waals surface area contributed by atoms with E-state index < -0.39 is 23.5 Å². The minimum atomic E-state index is -1.21. The molecule has 2 rings (SSSR count). The van der Waals surface area contributed by atoms with Crippen molar-refractivity contribution in [2.75, 3.05) is 6.61 Å². The molecule has 3 unspecified atom stereocenters. The summed E-state index contributed by atoms with van der Waals surface area (Å²) < 4.78 is 0. The molecule has 0 aromatic carbocycles. The molecule has 1 aliphatic heterocycles. The number of aliphatic hydroxyl groups is 1. The predicted molar refractivity (Wildman–Crippen MR) is 43.8 cm³/mol. The fourth-order valence-electron chi connectivity index (χ4n) is 2.35. The maximum Gasteiger partial charge on any atom is 0.408 e. The summed E-state index contributed by atoms with van der Waals surface area (Å²) in [5.41, 5.74) is -0.471. The normalized spacial score (nSPS) is 39.4. The summed E-state index contributed by atoms with van der Waals surface area (Å²) in [7, 11) is 0. The van der Waals surface area contributed by atoms with Gasteiger partial charge in [0.25, 0.3) is 0 Å². The third-order valence-electron chi connectivity index (χ3n) is 3.24. The van der Waals surface area contributed by atoms with Gasteiger partial charge in [0.05, 0.1) is 6.61 Å². The van der Waals surface area contributed by atoms with Gasteiger partial charge in [-0.25, -0.2) is 9.59 Å². The molecule has 6 nitrogen and oxygen atoms in total. The van der Waals surface area contributed by atoms with Gasteiger partial charge in [-0.05, 0) is 12.8 Å². The van der Waals surface area contributed by atoms with Crippen LogP contribution in [-0.2, 0) is 4.79 Å². The van der Waals surface area contributed by atoms with Crippen LogP contribution in [0.3, 0.4) is 0 Å². The Hall–Kier alpha value is -1.30. The lowest BCUT2D eigenvalue weighted by Crippen LogP contribution is -2.42. The number of rotatable bonds is 2. The van der Waals surface area contributed by atoms with Crippen LogP contribution in [0.4, 0.5) is 4.79 Å². The molecule has 1 amide bonds. The summed E-state index contributed by atoms with van der Waals surface area (Å²) in [6, 6.07) is -1.29. The first-order valence-electron chi connectivity index (χ1n) is 4.37. The van der Waals surface area contributed by atoms with E-state index in [9.17, 15) is 9.59 Å². The molecule has 1 saturated carbocycles. The highest BCUT2D eigenvalue weighted by Crippen LogP contribution is 2.59. The van der Waals surface area contributed by atoms with Gasteiger partial charge in [0, 0.05) is 11.5 Å². The number of carboxylic acids is 1. The van der Waals surface area contributed by atoms with E-state index in [-0.39, 0.29) is 19.1 Å². The van der Waals surface area contributed by atoms with Crippen molar-refractivity contribution >= 4 is 12.1 Å². The molecule has 78 valence electrons. The van der Waals surface area contributed by atoms with E-state index in [4.69, 9.17) is 15.3 Å². The van der Waals surface area contributed by atoms with Gasteiger partial charge in [-0.3, -0.25) is 4.90 Å². The lowest BCUT2D eigenvalue weighted by molar-refractivity contribution is -0.142. The number of amides is 1. The van der Waals surface area contributed by atoms with Crippen molar-refractivity contribution in [1.29, 1.82) is 0 Å². The summed E-state index contributed by atoms with van der Waals surface area (Å²) in [4.78, 5) is 22.5. The van der Waals surface area contributed by atoms with E-state index in [2.05, 4.69) is 0 Å². The number of carboxylic acid groups (broad SMARTS) is 2. The van der Waals surface area contributed by atoms with Gasteiger partial charge >= 0.3 is 12.1 Å². The van der Waals surface area contributed by atoms with E-state index in [1.54, 1.807) is 0 Å². The Labute approximate surface area is 79.7 Å². The number of nitrogens with zero attached hydrogens (tertiary/aromatic N) is 1. The van der Waals surface area contributed by atoms with E-state index in [1.807, 2.05) is 0 Å². The minimum absolute atomic E-state index is 0.134. The number of hydrogen-bond donors (Lipinski definition) is 3. The standard InChI is InChI=1S/C8H11NO5/c10-3-8-1-4(6(11)12)9(7(13)14)5(8)2-8/h4-5,10H,1-3H2,(H,11,12)(H,13,14). The van der Waals surface area contributed by atoms with Crippen LogP contribution in [0, 0.1) is 5.41 Å². The largest absolute Gasteiger partial charge is 0.480 e. The van der Waals surface area contributed by atoms with Crippen LogP contribution in [0.5, 0.6) is 0 Å². The summed E-state index contributed by atoms with van der Waals surface area (Å²) >= 11 is 0. The third-order valence-corrected chi connectivity index (χ3v) is 3.24. The Bertz CT molecular complexity index is 304. The van der Waals surface area contributed by atoms with Crippen LogP contribution in [0.2, 0.25) is 0 Å². The van der Waals surface area contributed by atoms with E-state index in [1.165, 1.54) is 0 Å². The van der Waals surface area contributed by atoms with Crippen LogP contribution in [0.1, 0.15) is 12.8 Å². The number of hydrogen-bond acceptors (Lipinski definition) is 3. The maximum absolute atomic E-state index is 10.8. The SMILES string of the molecule is O=C(O)C1CC2(CO)CC2N1C(=O)O. The van der Waals surface area contributed by atoms with Crippen molar-refractivity contribution in [2.24, 2.45) is 5.41 Å². The number of fused-ring (bicyclic) bond motifs is 1. The maximum atomic E-state index is 10.8. The molecular weight excluding hydrogens is 190 g/mol. The van der Waals surface area contributed by atoms with Crippen LogP contribution in [0.25, 0.3) is 0 Å². The lowest BCUT2D eigenvalue weighted by Gasteiger charge is -2.20. The highest BCUT2D eigenvalue weighted by atomic mass is 16.4. The van der Waals surface area contributed by atoms with Crippen molar-refractivity contribution in [1.82, 2.24) is 4.90 Å². The Morgan fingerprint density at radius 1 is 1.36 bits per heavy atom. The molecular formula is C8H11NO5. The summed E-state index contributed by atoms with van der Waals surface area (Å²) in [5.74, 6) is -1.13. The Kier molecular flexibility index (Phi) is 1.72. The molecule has 2 aliphatic rings. The molecule has 0 bridgehead atoms. The fraction of sp³-hybridized carbons (Fsp3) is 0.750. The fourth-order valence-corrected chi connectivity index (χ4v) is 2.35. The molecule has 1 aliphatic carbocycles. The third kappa shape index (κ3) is 1.00. The molecule has 3 atom stereocenters. The van der Waals surface area contributed by atoms with Gasteiger partial charge in [0.2, 0.25) is 0 Å². The first kappa shape index (κ1) is 9.26. The predicted octanol–water partition coefficient (Wildman–Crippen LogP) is -0.426. The van der Waals surface area contributed by atoms with Gasteiger partial charge in [-0.1, -0.05) is 0 Å². The highest BCUT2D eigenvalue weighted by Gasteiger charge is 2.67. The van der Waals surface area contributed by atoms with Gasteiger partial charge in [0.1, 0.15) is 6.04 Å². The van der Waals surface area contributed by atoms with Gasteiger partial charge in [-0.2, -0.15) is 0 Å². The number of piperidine rings is 1. The van der Waals surface area contributed by atoms with Gasteiger partial charge < -0.3 is 15.3 Å². The smallest absolute Gasteiger partial charge is 0.408 e. The van der Waals surface area contributed by atoms with Crippen LogP contribution in [-0.4, -0.2) is 51.0 Å². The lowest BCUT2D eigenvalue weighted by atomic mass is 10.0. The van der Waals surface area contributed by atoms with E-state index in [0.29, 0.717) is 6.42 Å². The van der Waals surface area contributed by atoms with Gasteiger partial charge in [-0.15, -0.1) is 0 Å². The zero-order valence-electron chi connectivity index (χ0n) is 7.38. The molecule has 1 saturated heterocycles. The molecule has 1 heterocycles. The highest BCUT2D eigenvalue weighted by molar-refractivity contribution is 5.81. The van der Waals surface area contributed by atoms with E-state index in [0.717, 1.165) is 4.90 Å². The second-order valence-electron chi connectivity index (χ2n) is 3.99. The zero-order chi connectivity index (χ0) is 10.5. The second-order valence-corrected chi connectivity index (χ2v) is 3.99. The topological polar surface area (TPSA) is 98.1 Å². The molecule has 14 heavy (non-hydrogen) atoms. The summed E-state index contributed by atoms with van der Waals surface area (Å²) in [6.45, 7) is -0.134. The molecule has 0 aromatic heterocycles. The molecule has 0 aromatic rings. The quantitative estimate of drug-likeness (QED) is 0.563. The van der Waals surface area contributed by atoms with E-state index >= 15 is 0 Å². The Morgan fingerprint density at radius 2 is 2.00 bits per heavy atom. The average molecular weight is 201 g/mol. The number of aliphatic hydroxyl groups excluding tert-OH is 1. The number of aliphatic carboxylic acids is 1. The molecule has 0 spiro atoms. The molecule has 0 radical (unpaired) electrons. The van der Waals surface area contributed by atoms with Crippen molar-refractivity contribution in [3.05, 3.63) is 0 Å². The van der Waals surface area contributed by atoms with Crippen LogP contribution in [0.15, 0.2) is 0 Å². The molecule has 6 heteroatoms. The first-order chi connectivity index (χ1) is 6.52. The number of likely N-dealkylation sites (tertiary alicyclic amines) is 1. The van der Waals surface area contributed by atoms with Crippen molar-refractivity contribution in [3.63, 3.8) is 0 Å². The molecule has 3 N–H and O–H groups in total. The van der Waals surface area contributed by atoms with Gasteiger partial charge in [0.15, 0.2) is 0 Å². The first-order valence-corrected chi connectivity index (χ1v) is 4.37. The monoisotopic (exact) mass is 201 g/mol. The van der Waals surface area contributed by atoms with Crippen molar-refractivity contribution in [2.45, 2.75) is 24.9 Å². The summed E-state index contributed by atoms with van der Waals surface area (Å²) in [6.07, 6.45) is -0.398. The minimum Gasteiger partial charge on any atom is -0.480 e. The van der Waals surface area contributed by atoms with Crippen LogP contribution < -0.4 is 0 Å². The Morgan fingerprint density at radius 3 is 2.36 bits per heavy atom. The second kappa shape index (κ2) is 2.60. The van der Waals surface area contributed by atoms with Crippen molar-refractivity contribution < 1.29 is 24.9 Å². The number of carbonyl (C=O) groups is 2. The van der Waals surface area contributed by atoms with Crippen molar-refractivity contribution in [3.8, 4) is 0 Å². The Balaban J connectivity index is 2.22. The van der Waals surface area contributed by atoms with Crippen LogP contribution >= 0.6 is 0 Å². The zero-order valence-corrected chi connectivity index (χ0v) is 7.38. The molecule has 2 fully saturated rings. The average Bonchev–Trinajstić information content (AvgIpc) is 2.71.